The van der Waals surface area contributed by atoms with E-state index in [-0.39, 0.29) is 11.2 Å². The van der Waals surface area contributed by atoms with Crippen molar-refractivity contribution >= 4 is 33.6 Å². The van der Waals surface area contributed by atoms with Gasteiger partial charge in [-0.15, -0.1) is 11.8 Å². The van der Waals surface area contributed by atoms with E-state index in [1.165, 1.54) is 0 Å². The van der Waals surface area contributed by atoms with Crippen LogP contribution >= 0.6 is 27.7 Å². The first-order valence-electron chi connectivity index (χ1n) is 3.58. The molecule has 3 unspecified atom stereocenters. The van der Waals surface area contributed by atoms with Crippen LogP contribution in [-0.2, 0) is 4.79 Å². The number of thioether (sulfide) groups is 1. The van der Waals surface area contributed by atoms with Gasteiger partial charge in [0.15, 0.2) is 0 Å². The Morgan fingerprint density at radius 2 is 2.45 bits per heavy atom. The number of carbonyl (C=O) groups excluding carboxylic acids is 1. The van der Waals surface area contributed by atoms with E-state index in [4.69, 9.17) is 0 Å². The third-order valence-corrected chi connectivity index (χ3v) is 4.33. The topological polar surface area (TPSA) is 41.1 Å². The first-order valence-corrected chi connectivity index (χ1v) is 5.44. The van der Waals surface area contributed by atoms with Crippen LogP contribution in [0.4, 0.5) is 0 Å². The van der Waals surface area contributed by atoms with Gasteiger partial charge in [-0.3, -0.25) is 10.1 Å². The fraction of sp³-hybridized carbons (Fsp3) is 0.833. The molecule has 2 rings (SSSR count). The van der Waals surface area contributed by atoms with Crippen LogP contribution < -0.4 is 10.6 Å². The Hall–Kier alpha value is 0.260. The van der Waals surface area contributed by atoms with E-state index in [0.29, 0.717) is 16.9 Å². The molecule has 3 atom stereocenters. The second-order valence-electron chi connectivity index (χ2n) is 2.73. The van der Waals surface area contributed by atoms with Gasteiger partial charge in [0.2, 0.25) is 5.91 Å². The number of nitrogens with one attached hydrogen (secondary N) is 2. The summed E-state index contributed by atoms with van der Waals surface area (Å²) >= 11 is 5.20. The predicted octanol–water partition coefficient (Wildman–Crippen LogP) is 0.258. The number of rotatable bonds is 0. The standard InChI is InChI=1S/C6H9BrN2OS/c7-4-1-3-5(11-4)6(10)9-2-8-3/h3-5,8H,1-2H2,(H,9,10). The van der Waals surface area contributed by atoms with Gasteiger partial charge in [-0.25, -0.2) is 0 Å². The highest BCUT2D eigenvalue weighted by atomic mass is 79.9. The molecule has 0 aromatic heterocycles. The van der Waals surface area contributed by atoms with E-state index in [0.717, 1.165) is 6.42 Å². The quantitative estimate of drug-likeness (QED) is 0.594. The summed E-state index contributed by atoms with van der Waals surface area (Å²) in [5.74, 6) is 0.181. The lowest BCUT2D eigenvalue weighted by Crippen LogP contribution is -2.54. The van der Waals surface area contributed by atoms with Crippen molar-refractivity contribution in [1.82, 2.24) is 10.6 Å². The minimum atomic E-state index is 0.119. The van der Waals surface area contributed by atoms with Gasteiger partial charge in [0.05, 0.1) is 10.8 Å². The van der Waals surface area contributed by atoms with Gasteiger partial charge < -0.3 is 5.32 Å². The summed E-state index contributed by atoms with van der Waals surface area (Å²) in [4.78, 5) is 11.2. The predicted molar refractivity (Wildman–Crippen MR) is 48.6 cm³/mol. The molecule has 5 heteroatoms. The van der Waals surface area contributed by atoms with Crippen molar-refractivity contribution in [3.8, 4) is 0 Å². The van der Waals surface area contributed by atoms with Crippen LogP contribution in [0.5, 0.6) is 0 Å². The van der Waals surface area contributed by atoms with Crippen LogP contribution in [0.15, 0.2) is 0 Å². The lowest BCUT2D eigenvalue weighted by Gasteiger charge is -2.25. The first-order chi connectivity index (χ1) is 5.27. The van der Waals surface area contributed by atoms with Gasteiger partial charge >= 0.3 is 0 Å². The van der Waals surface area contributed by atoms with Crippen LogP contribution in [0, 0.1) is 0 Å². The molecular weight excluding hydrogens is 228 g/mol. The van der Waals surface area contributed by atoms with Gasteiger partial charge in [0.25, 0.3) is 0 Å². The smallest absolute Gasteiger partial charge is 0.235 e. The minimum absolute atomic E-state index is 0.119. The molecule has 0 aromatic rings. The number of halogens is 1. The summed E-state index contributed by atoms with van der Waals surface area (Å²) in [6.07, 6.45) is 1.04. The molecule has 0 aliphatic carbocycles. The molecule has 0 saturated carbocycles. The number of fused-ring (bicyclic) bond motifs is 1. The van der Waals surface area contributed by atoms with E-state index in [9.17, 15) is 4.79 Å². The molecule has 2 N–H and O–H groups in total. The molecule has 0 radical (unpaired) electrons. The van der Waals surface area contributed by atoms with E-state index in [1.807, 2.05) is 0 Å². The zero-order valence-corrected chi connectivity index (χ0v) is 8.24. The van der Waals surface area contributed by atoms with Crippen LogP contribution in [0.1, 0.15) is 6.42 Å². The average molecular weight is 237 g/mol. The Morgan fingerprint density at radius 3 is 3.18 bits per heavy atom. The molecule has 2 aliphatic rings. The molecule has 11 heavy (non-hydrogen) atoms. The monoisotopic (exact) mass is 236 g/mol. The Balaban J connectivity index is 2.09. The van der Waals surface area contributed by atoms with Crippen LogP contribution in [-0.4, -0.2) is 28.0 Å². The number of hydrogen-bond donors (Lipinski definition) is 2. The molecule has 2 saturated heterocycles. The fourth-order valence-electron chi connectivity index (χ4n) is 1.44. The summed E-state index contributed by atoms with van der Waals surface area (Å²) in [7, 11) is 0. The summed E-state index contributed by atoms with van der Waals surface area (Å²) in [6.45, 7) is 0.625. The Morgan fingerprint density at radius 1 is 1.64 bits per heavy atom. The molecule has 2 heterocycles. The molecule has 0 spiro atoms. The van der Waals surface area contributed by atoms with Crippen LogP contribution in [0.25, 0.3) is 0 Å². The maximum absolute atomic E-state index is 11.2. The highest BCUT2D eigenvalue weighted by Crippen LogP contribution is 2.38. The van der Waals surface area contributed by atoms with E-state index in [1.54, 1.807) is 11.8 Å². The molecule has 1 amide bonds. The summed E-state index contributed by atoms with van der Waals surface area (Å²) in [5.41, 5.74) is 0. The molecule has 62 valence electrons. The normalized spacial score (nSPS) is 43.4. The lowest BCUT2D eigenvalue weighted by atomic mass is 10.1. The van der Waals surface area contributed by atoms with Crippen molar-refractivity contribution in [2.45, 2.75) is 21.9 Å². The second-order valence-corrected chi connectivity index (χ2v) is 5.79. The summed E-state index contributed by atoms with van der Waals surface area (Å²) in [6, 6.07) is 0.373. The highest BCUT2D eigenvalue weighted by Gasteiger charge is 2.40. The van der Waals surface area contributed by atoms with E-state index < -0.39 is 0 Å². The van der Waals surface area contributed by atoms with Crippen molar-refractivity contribution in [2.24, 2.45) is 0 Å². The Bertz CT molecular complexity index is 189. The van der Waals surface area contributed by atoms with E-state index in [2.05, 4.69) is 26.6 Å². The summed E-state index contributed by atoms with van der Waals surface area (Å²) in [5, 5.41) is 6.16. The fourth-order valence-corrected chi connectivity index (χ4v) is 3.78. The molecule has 3 nitrogen and oxygen atoms in total. The lowest BCUT2D eigenvalue weighted by molar-refractivity contribution is -0.122. The van der Waals surface area contributed by atoms with Gasteiger partial charge in [-0.05, 0) is 6.42 Å². The van der Waals surface area contributed by atoms with Crippen molar-refractivity contribution in [2.75, 3.05) is 6.67 Å². The van der Waals surface area contributed by atoms with Gasteiger partial charge in [-0.1, -0.05) is 15.9 Å². The third-order valence-electron chi connectivity index (χ3n) is 1.98. The van der Waals surface area contributed by atoms with Crippen molar-refractivity contribution in [3.63, 3.8) is 0 Å². The number of alkyl halides is 1. The van der Waals surface area contributed by atoms with Crippen LogP contribution in [0.2, 0.25) is 0 Å². The maximum Gasteiger partial charge on any atom is 0.235 e. The first kappa shape index (κ1) is 7.89. The highest BCUT2D eigenvalue weighted by molar-refractivity contribution is 9.11. The molecule has 2 fully saturated rings. The Kier molecular flexibility index (Phi) is 2.12. The summed E-state index contributed by atoms with van der Waals surface area (Å²) < 4.78 is 0.439. The number of carbonyl (C=O) groups is 1. The molecule has 2 aliphatic heterocycles. The third kappa shape index (κ3) is 1.41. The number of amides is 1. The zero-order chi connectivity index (χ0) is 7.84. The van der Waals surface area contributed by atoms with Gasteiger partial charge in [-0.2, -0.15) is 0 Å². The zero-order valence-electron chi connectivity index (χ0n) is 5.84. The SMILES string of the molecule is O=C1NCNC2CC(Br)SC12. The van der Waals surface area contributed by atoms with Gasteiger partial charge in [0, 0.05) is 6.04 Å². The molecule has 0 aromatic carbocycles. The van der Waals surface area contributed by atoms with E-state index >= 15 is 0 Å². The average Bonchev–Trinajstić information content (AvgIpc) is 2.31. The second kappa shape index (κ2) is 2.95. The van der Waals surface area contributed by atoms with Gasteiger partial charge in [0.1, 0.15) is 5.25 Å². The molecular formula is C6H9BrN2OS. The largest absolute Gasteiger partial charge is 0.343 e. The van der Waals surface area contributed by atoms with Crippen LogP contribution in [0.3, 0.4) is 0 Å². The number of hydrogen-bond acceptors (Lipinski definition) is 3. The molecule has 0 bridgehead atoms. The van der Waals surface area contributed by atoms with Crippen molar-refractivity contribution in [1.29, 1.82) is 0 Å². The Labute approximate surface area is 77.8 Å². The van der Waals surface area contributed by atoms with Crippen molar-refractivity contribution in [3.05, 3.63) is 0 Å². The minimum Gasteiger partial charge on any atom is -0.343 e. The van der Waals surface area contributed by atoms with Crippen molar-refractivity contribution < 1.29 is 4.79 Å². The maximum atomic E-state index is 11.2.